The minimum atomic E-state index is -0.377. The normalized spacial score (nSPS) is 43.2. The van der Waals surface area contributed by atoms with E-state index in [1.54, 1.807) is 0 Å². The Morgan fingerprint density at radius 1 is 1.07 bits per heavy atom. The number of rotatable bonds is 3. The number of esters is 1. The Kier molecular flexibility index (Phi) is 4.59. The highest BCUT2D eigenvalue weighted by molar-refractivity contribution is 5.91. The molecule has 0 aliphatic heterocycles. The summed E-state index contributed by atoms with van der Waals surface area (Å²) in [5.74, 6) is 1.95. The van der Waals surface area contributed by atoms with Gasteiger partial charge in [0.15, 0.2) is 11.6 Å². The molecule has 0 amide bonds. The van der Waals surface area contributed by atoms with Gasteiger partial charge in [-0.15, -0.1) is 0 Å². The Morgan fingerprint density at radius 3 is 2.59 bits per heavy atom. The third-order valence-corrected chi connectivity index (χ3v) is 8.77. The second-order valence-corrected chi connectivity index (χ2v) is 9.89. The van der Waals surface area contributed by atoms with E-state index in [2.05, 4.69) is 13.8 Å². The summed E-state index contributed by atoms with van der Waals surface area (Å²) in [6.07, 6.45) is 10.1. The summed E-state index contributed by atoms with van der Waals surface area (Å²) in [4.78, 5) is 35.8. The van der Waals surface area contributed by atoms with Crippen molar-refractivity contribution in [2.75, 3.05) is 6.61 Å². The molecule has 0 spiro atoms. The third kappa shape index (κ3) is 2.91. The molecule has 27 heavy (non-hydrogen) atoms. The van der Waals surface area contributed by atoms with Crippen LogP contribution in [-0.2, 0) is 19.1 Å². The molecule has 0 radical (unpaired) electrons. The van der Waals surface area contributed by atoms with Crippen molar-refractivity contribution in [3.8, 4) is 0 Å². The summed E-state index contributed by atoms with van der Waals surface area (Å²) in [7, 11) is 0. The average Bonchev–Trinajstić information content (AvgIpc) is 2.97. The lowest BCUT2D eigenvalue weighted by molar-refractivity contribution is -0.149. The monoisotopic (exact) mass is 372 g/mol. The Morgan fingerprint density at radius 2 is 1.85 bits per heavy atom. The molecule has 0 N–H and O–H groups in total. The fraction of sp³-hybridized carbons (Fsp3) is 0.783. The third-order valence-electron chi connectivity index (χ3n) is 8.77. The first-order valence-electron chi connectivity index (χ1n) is 10.7. The van der Waals surface area contributed by atoms with Crippen molar-refractivity contribution in [2.45, 2.75) is 72.1 Å². The van der Waals surface area contributed by atoms with E-state index in [0.717, 1.165) is 44.9 Å². The van der Waals surface area contributed by atoms with Crippen molar-refractivity contribution in [1.82, 2.24) is 0 Å². The number of ketones is 2. The average molecular weight is 373 g/mol. The maximum Gasteiger partial charge on any atom is 0.303 e. The second-order valence-electron chi connectivity index (χ2n) is 9.89. The van der Waals surface area contributed by atoms with Crippen LogP contribution in [-0.4, -0.2) is 24.1 Å². The van der Waals surface area contributed by atoms with Crippen molar-refractivity contribution in [3.05, 3.63) is 11.6 Å². The van der Waals surface area contributed by atoms with Crippen LogP contribution in [0.25, 0.3) is 0 Å². The first kappa shape index (κ1) is 18.9. The Hall–Kier alpha value is -1.45. The fourth-order valence-corrected chi connectivity index (χ4v) is 7.36. The van der Waals surface area contributed by atoms with Crippen molar-refractivity contribution in [3.63, 3.8) is 0 Å². The molecule has 3 saturated carbocycles. The molecule has 4 nitrogen and oxygen atoms in total. The molecule has 148 valence electrons. The van der Waals surface area contributed by atoms with Crippen molar-refractivity contribution >= 4 is 17.5 Å². The lowest BCUT2D eigenvalue weighted by Gasteiger charge is -2.58. The molecule has 0 heterocycles. The zero-order valence-electron chi connectivity index (χ0n) is 16.9. The highest BCUT2D eigenvalue weighted by Gasteiger charge is 2.60. The number of hydrogen-bond acceptors (Lipinski definition) is 4. The van der Waals surface area contributed by atoms with Crippen LogP contribution < -0.4 is 0 Å². The molecule has 0 aromatic carbocycles. The molecule has 4 heteroatoms. The molecule has 0 unspecified atom stereocenters. The summed E-state index contributed by atoms with van der Waals surface area (Å²) in [5, 5.41) is 0. The summed E-state index contributed by atoms with van der Waals surface area (Å²) < 4.78 is 5.02. The van der Waals surface area contributed by atoms with Gasteiger partial charge in [-0.05, 0) is 79.6 Å². The van der Waals surface area contributed by atoms with Crippen LogP contribution in [0.3, 0.4) is 0 Å². The van der Waals surface area contributed by atoms with E-state index in [1.807, 2.05) is 6.08 Å². The predicted octanol–water partition coefficient (Wildman–Crippen LogP) is 4.27. The molecule has 0 saturated heterocycles. The number of hydrogen-bond donors (Lipinski definition) is 0. The van der Waals surface area contributed by atoms with Gasteiger partial charge in [0.25, 0.3) is 0 Å². The van der Waals surface area contributed by atoms with Crippen LogP contribution in [0, 0.1) is 34.5 Å². The van der Waals surface area contributed by atoms with Crippen LogP contribution in [0.15, 0.2) is 11.6 Å². The van der Waals surface area contributed by atoms with Crippen LogP contribution in [0.2, 0.25) is 0 Å². The molecule has 4 aliphatic rings. The molecular weight excluding hydrogens is 340 g/mol. The van der Waals surface area contributed by atoms with Gasteiger partial charge in [0, 0.05) is 19.3 Å². The van der Waals surface area contributed by atoms with Crippen LogP contribution in [0.4, 0.5) is 0 Å². The maximum absolute atomic E-state index is 12.8. The minimum absolute atomic E-state index is 0.0282. The lowest BCUT2D eigenvalue weighted by Crippen LogP contribution is -2.51. The summed E-state index contributed by atoms with van der Waals surface area (Å²) >= 11 is 0. The van der Waals surface area contributed by atoms with Gasteiger partial charge in [0.2, 0.25) is 0 Å². The Balaban J connectivity index is 1.56. The van der Waals surface area contributed by atoms with Crippen molar-refractivity contribution < 1.29 is 19.1 Å². The molecule has 0 bridgehead atoms. The lowest BCUT2D eigenvalue weighted by atomic mass is 9.46. The highest BCUT2D eigenvalue weighted by Crippen LogP contribution is 2.66. The summed E-state index contributed by atoms with van der Waals surface area (Å²) in [6.45, 7) is 6.00. The van der Waals surface area contributed by atoms with Gasteiger partial charge in [-0.1, -0.05) is 19.4 Å². The van der Waals surface area contributed by atoms with Crippen LogP contribution >= 0.6 is 0 Å². The number of carbonyl (C=O) groups is 3. The van der Waals surface area contributed by atoms with Crippen molar-refractivity contribution in [2.24, 2.45) is 34.5 Å². The summed E-state index contributed by atoms with van der Waals surface area (Å²) in [5.41, 5.74) is 1.61. The van der Waals surface area contributed by atoms with E-state index in [0.29, 0.717) is 30.0 Å². The number of ether oxygens (including phenoxy) is 1. The Bertz CT molecular complexity index is 707. The minimum Gasteiger partial charge on any atom is -0.458 e. The van der Waals surface area contributed by atoms with Gasteiger partial charge in [-0.25, -0.2) is 0 Å². The maximum atomic E-state index is 12.8. The van der Waals surface area contributed by atoms with E-state index in [-0.39, 0.29) is 35.1 Å². The van der Waals surface area contributed by atoms with E-state index in [9.17, 15) is 14.4 Å². The standard InChI is InChI=1S/C23H32O4/c1-14(24)27-13-21(26)20-7-6-18-17-5-4-15-12-16(25)8-10-22(15,2)19(17)9-11-23(18,20)3/h12,17-20H,4-11,13H2,1-3H3/t17-,18+,19-,20-,22+,23+/m0/s1. The fourth-order valence-electron chi connectivity index (χ4n) is 7.36. The van der Waals surface area contributed by atoms with Gasteiger partial charge < -0.3 is 4.74 Å². The zero-order valence-corrected chi connectivity index (χ0v) is 16.9. The SMILES string of the molecule is CC(=O)OCC(=O)[C@@H]1CC[C@@H]2[C@@H]3CCC4=CC(=O)CC[C@@]4(C)[C@H]3CC[C@]21C. The van der Waals surface area contributed by atoms with Crippen molar-refractivity contribution in [1.29, 1.82) is 0 Å². The Labute approximate surface area is 162 Å². The molecule has 3 fully saturated rings. The first-order valence-corrected chi connectivity index (χ1v) is 10.7. The zero-order chi connectivity index (χ0) is 19.4. The molecule has 6 atom stereocenters. The first-order chi connectivity index (χ1) is 12.8. The number of Topliss-reactive ketones (excluding diaryl/α,β-unsaturated/α-hetero) is 1. The molecular formula is C23H32O4. The van der Waals surface area contributed by atoms with Gasteiger partial charge in [0.1, 0.15) is 6.61 Å². The van der Waals surface area contributed by atoms with E-state index in [4.69, 9.17) is 4.74 Å². The van der Waals surface area contributed by atoms with E-state index in [1.165, 1.54) is 12.5 Å². The molecule has 0 aromatic heterocycles. The van der Waals surface area contributed by atoms with Gasteiger partial charge in [0.05, 0.1) is 0 Å². The quantitative estimate of drug-likeness (QED) is 0.694. The number of fused-ring (bicyclic) bond motifs is 5. The van der Waals surface area contributed by atoms with Crippen LogP contribution in [0.5, 0.6) is 0 Å². The molecule has 4 rings (SSSR count). The largest absolute Gasteiger partial charge is 0.458 e. The van der Waals surface area contributed by atoms with E-state index < -0.39 is 0 Å². The van der Waals surface area contributed by atoms with Gasteiger partial charge in [-0.2, -0.15) is 0 Å². The topological polar surface area (TPSA) is 60.4 Å². The molecule has 0 aromatic rings. The van der Waals surface area contributed by atoms with E-state index >= 15 is 0 Å². The van der Waals surface area contributed by atoms with Gasteiger partial charge in [-0.3, -0.25) is 14.4 Å². The number of carbonyl (C=O) groups excluding carboxylic acids is 3. The smallest absolute Gasteiger partial charge is 0.303 e. The van der Waals surface area contributed by atoms with Gasteiger partial charge >= 0.3 is 5.97 Å². The second kappa shape index (κ2) is 6.56. The summed E-state index contributed by atoms with van der Waals surface area (Å²) in [6, 6.07) is 0. The van der Waals surface area contributed by atoms with Crippen LogP contribution in [0.1, 0.15) is 72.1 Å². The number of allylic oxidation sites excluding steroid dienone is 1. The molecule has 4 aliphatic carbocycles. The highest BCUT2D eigenvalue weighted by atomic mass is 16.5. The predicted molar refractivity (Wildman–Crippen MR) is 102 cm³/mol.